The summed E-state index contributed by atoms with van der Waals surface area (Å²) in [5, 5.41) is 27.0. The summed E-state index contributed by atoms with van der Waals surface area (Å²) in [6.07, 6.45) is 0. The van der Waals surface area contributed by atoms with Crippen LogP contribution in [0.15, 0.2) is 109 Å². The van der Waals surface area contributed by atoms with Crippen molar-refractivity contribution in [2.75, 3.05) is 0 Å². The van der Waals surface area contributed by atoms with Crippen LogP contribution in [-0.4, -0.2) is 43.3 Å². The van der Waals surface area contributed by atoms with Gasteiger partial charge in [-0.2, -0.15) is 0 Å². The lowest BCUT2D eigenvalue weighted by Gasteiger charge is -2.22. The predicted octanol–water partition coefficient (Wildman–Crippen LogP) is 3.94. The van der Waals surface area contributed by atoms with E-state index in [1.165, 1.54) is 21.5 Å². The van der Waals surface area contributed by atoms with E-state index in [2.05, 4.69) is 113 Å². The molecule has 0 spiro atoms. The fourth-order valence-electron chi connectivity index (χ4n) is 6.92. The Morgan fingerprint density at radius 2 is 1.23 bits per heavy atom. The van der Waals surface area contributed by atoms with Crippen molar-refractivity contribution >= 4 is 83.5 Å². The number of aromatic amines is 1. The van der Waals surface area contributed by atoms with Gasteiger partial charge in [-0.15, -0.1) is 0 Å². The first-order valence-electron chi connectivity index (χ1n) is 14.6. The van der Waals surface area contributed by atoms with Crippen molar-refractivity contribution in [3.63, 3.8) is 0 Å². The number of aromatic hydroxyl groups is 2. The summed E-state index contributed by atoms with van der Waals surface area (Å²) in [4.78, 5) is 3.75. The second-order valence-corrected chi connectivity index (χ2v) is 11.4. The molecule has 0 aliphatic rings. The molecule has 2 aromatic heterocycles. The van der Waals surface area contributed by atoms with Gasteiger partial charge in [0.25, 0.3) is 0 Å². The van der Waals surface area contributed by atoms with Crippen LogP contribution in [0.2, 0.25) is 0 Å². The third-order valence-corrected chi connectivity index (χ3v) is 9.17. The number of aromatic nitrogens is 2. The van der Waals surface area contributed by atoms with Crippen LogP contribution in [0.5, 0.6) is 11.5 Å². The van der Waals surface area contributed by atoms with E-state index in [1.807, 2.05) is 21.8 Å². The van der Waals surface area contributed by atoms with Gasteiger partial charge in [-0.3, -0.25) is 0 Å². The number of benzene rings is 6. The number of rotatable bonds is 3. The van der Waals surface area contributed by atoms with E-state index in [-0.39, 0.29) is 11.5 Å². The first kappa shape index (κ1) is 25.4. The Kier molecular flexibility index (Phi) is 5.54. The first-order valence-corrected chi connectivity index (χ1v) is 14.6. The zero-order valence-corrected chi connectivity index (χ0v) is 24.2. The summed E-state index contributed by atoms with van der Waals surface area (Å²) >= 11 is 0. The number of nitrogens with zero attached hydrogens (tertiary/aromatic N) is 1. The molecule has 0 unspecified atom stereocenters. The highest BCUT2D eigenvalue weighted by molar-refractivity contribution is 6.55. The predicted molar refractivity (Wildman–Crippen MR) is 189 cm³/mol. The average molecular weight is 552 g/mol. The summed E-state index contributed by atoms with van der Waals surface area (Å²) in [5.74, 6) is 0.245. The molecular weight excluding hydrogens is 525 g/mol. The summed E-state index contributed by atoms with van der Waals surface area (Å²) < 4.78 is 2.38. The zero-order valence-electron chi connectivity index (χ0n) is 24.2. The van der Waals surface area contributed by atoms with Gasteiger partial charge in [0.15, 0.2) is 0 Å². The van der Waals surface area contributed by atoms with Crippen LogP contribution in [0, 0.1) is 0 Å². The van der Waals surface area contributed by atoms with Crippen LogP contribution in [-0.2, 0) is 0 Å². The first-order chi connectivity index (χ1) is 21.0. The highest BCUT2D eigenvalue weighted by Crippen LogP contribution is 2.44. The molecule has 6 aromatic carbocycles. The maximum atomic E-state index is 11.5. The maximum absolute atomic E-state index is 11.5. The Labute approximate surface area is 251 Å². The molecule has 2 heterocycles. The third-order valence-electron chi connectivity index (χ3n) is 9.17. The Morgan fingerprint density at radius 3 is 2.05 bits per heavy atom. The minimum atomic E-state index is 0.107. The number of hydrogen-bond donors (Lipinski definition) is 3. The van der Waals surface area contributed by atoms with E-state index in [0.29, 0.717) is 5.46 Å². The van der Waals surface area contributed by atoms with E-state index in [4.69, 9.17) is 0 Å². The topological polar surface area (TPSA) is 61.2 Å². The fraction of sp³-hybridized carbons (Fsp3) is 0. The molecule has 8 rings (SSSR count). The Hall–Kier alpha value is -5.29. The fourth-order valence-corrected chi connectivity index (χ4v) is 6.92. The molecule has 0 atom stereocenters. The monoisotopic (exact) mass is 552 g/mol. The van der Waals surface area contributed by atoms with Crippen molar-refractivity contribution in [2.24, 2.45) is 0 Å². The van der Waals surface area contributed by atoms with Gasteiger partial charge < -0.3 is 19.8 Å². The van der Waals surface area contributed by atoms with E-state index in [0.717, 1.165) is 60.9 Å². The summed E-state index contributed by atoms with van der Waals surface area (Å²) in [6, 6.07) is 38.2. The molecule has 0 radical (unpaired) electrons. The van der Waals surface area contributed by atoms with Gasteiger partial charge in [0.2, 0.25) is 0 Å². The van der Waals surface area contributed by atoms with E-state index in [9.17, 15) is 10.2 Å². The molecule has 8 aromatic rings. The molecule has 0 fully saturated rings. The van der Waals surface area contributed by atoms with Crippen molar-refractivity contribution in [1.29, 1.82) is 0 Å². The molecule has 0 saturated carbocycles. The molecule has 4 nitrogen and oxygen atoms in total. The zero-order chi connectivity index (χ0) is 29.4. The van der Waals surface area contributed by atoms with Crippen molar-refractivity contribution in [1.82, 2.24) is 9.55 Å². The van der Waals surface area contributed by atoms with E-state index < -0.39 is 0 Å². The van der Waals surface area contributed by atoms with Crippen LogP contribution in [0.25, 0.3) is 71.6 Å². The normalized spacial score (nSPS) is 11.7. The van der Waals surface area contributed by atoms with Gasteiger partial charge in [0, 0.05) is 38.2 Å². The lowest BCUT2D eigenvalue weighted by atomic mass is 9.70. The van der Waals surface area contributed by atoms with E-state index in [1.54, 1.807) is 7.85 Å². The number of nitrogens with one attached hydrogen (secondary N) is 1. The van der Waals surface area contributed by atoms with Crippen LogP contribution >= 0.6 is 0 Å². The number of phenolic OH excluding ortho intramolecular Hbond substituents is 2. The molecule has 202 valence electrons. The second-order valence-electron chi connectivity index (χ2n) is 11.4. The number of para-hydroxylation sites is 2. The molecule has 3 N–H and O–H groups in total. The molecular formula is C36H27B3N2O2. The second kappa shape index (κ2) is 9.37. The number of phenols is 2. The van der Waals surface area contributed by atoms with E-state index >= 15 is 0 Å². The van der Waals surface area contributed by atoms with Crippen molar-refractivity contribution in [3.8, 4) is 39.4 Å². The highest BCUT2D eigenvalue weighted by atomic mass is 16.3. The van der Waals surface area contributed by atoms with Crippen LogP contribution in [0.3, 0.4) is 0 Å². The Morgan fingerprint density at radius 1 is 0.535 bits per heavy atom. The van der Waals surface area contributed by atoms with Gasteiger partial charge in [-0.25, -0.2) is 0 Å². The van der Waals surface area contributed by atoms with Gasteiger partial charge in [0.05, 0.1) is 22.2 Å². The molecule has 0 saturated heterocycles. The maximum Gasteiger partial charge on any atom is 0.149 e. The van der Waals surface area contributed by atoms with Gasteiger partial charge >= 0.3 is 0 Å². The quantitative estimate of drug-likeness (QED) is 0.291. The van der Waals surface area contributed by atoms with Crippen molar-refractivity contribution in [3.05, 3.63) is 109 Å². The Balaban J connectivity index is 1.58. The molecule has 0 aliphatic heterocycles. The number of fused-ring (bicyclic) bond motifs is 7. The SMILES string of the molecule is Bc1c(B)c(-c2cccc(-n3c4ccccc4c4ccc5c6ccccc6[nH]c5c43)c2-c2ccccc2)c(O)c(B)c1O. The molecule has 0 bridgehead atoms. The molecule has 43 heavy (non-hydrogen) atoms. The highest BCUT2D eigenvalue weighted by Gasteiger charge is 2.24. The number of hydrogen-bond acceptors (Lipinski definition) is 2. The average Bonchev–Trinajstić information content (AvgIpc) is 3.59. The molecule has 0 aliphatic carbocycles. The van der Waals surface area contributed by atoms with Gasteiger partial charge in [0.1, 0.15) is 35.0 Å². The summed E-state index contributed by atoms with van der Waals surface area (Å²) in [6.45, 7) is 0. The standard InChI is InChI=1S/C36H27B3N2O2/c37-30-29(35(42)32(39)36(43)31(30)38)24-13-8-16-27(28(24)19-9-2-1-3-10-19)41-26-15-7-5-12-21(26)23-18-17-22-20-11-4-6-14-25(20)40-33(22)34(23)41/h1-18,40,42-43H,37-39H2. The minimum Gasteiger partial charge on any atom is -0.509 e. The largest absolute Gasteiger partial charge is 0.509 e. The lowest BCUT2D eigenvalue weighted by Crippen LogP contribution is -2.33. The van der Waals surface area contributed by atoms with Crippen LogP contribution in [0.4, 0.5) is 0 Å². The van der Waals surface area contributed by atoms with Gasteiger partial charge in [-0.1, -0.05) is 102 Å². The van der Waals surface area contributed by atoms with Crippen LogP contribution < -0.4 is 16.4 Å². The summed E-state index contributed by atoms with van der Waals surface area (Å²) in [7, 11) is 5.65. The minimum absolute atomic E-state index is 0.107. The third kappa shape index (κ3) is 3.55. The van der Waals surface area contributed by atoms with Crippen molar-refractivity contribution in [2.45, 2.75) is 0 Å². The lowest BCUT2D eigenvalue weighted by molar-refractivity contribution is 0.463. The van der Waals surface area contributed by atoms with Crippen LogP contribution in [0.1, 0.15) is 0 Å². The van der Waals surface area contributed by atoms with Crippen molar-refractivity contribution < 1.29 is 10.2 Å². The van der Waals surface area contributed by atoms with Gasteiger partial charge in [-0.05, 0) is 34.8 Å². The number of H-pyrrole nitrogens is 1. The molecule has 7 heteroatoms. The molecule has 0 amide bonds. The smallest absolute Gasteiger partial charge is 0.149 e. The Bertz CT molecular complexity index is 2380. The summed E-state index contributed by atoms with van der Waals surface area (Å²) in [5.41, 5.74) is 11.3.